The number of hydrogen-bond donors (Lipinski definition) is 1. The Morgan fingerprint density at radius 3 is 2.75 bits per heavy atom. The summed E-state index contributed by atoms with van der Waals surface area (Å²) in [5.74, 6) is -0.755. The third-order valence-electron chi connectivity index (χ3n) is 2.49. The van der Waals surface area contributed by atoms with Gasteiger partial charge in [0, 0.05) is 0 Å². The molecule has 1 N–H and O–H groups in total. The number of ether oxygens (including phenoxy) is 2. The fourth-order valence-corrected chi connectivity index (χ4v) is 1.90. The largest absolute Gasteiger partial charge is 0.342 e. The lowest BCUT2D eigenvalue weighted by atomic mass is 10.2. The van der Waals surface area contributed by atoms with Crippen LogP contribution in [0.1, 0.15) is 18.3 Å². The highest BCUT2D eigenvalue weighted by atomic mass is 32.2. The highest BCUT2D eigenvalue weighted by molar-refractivity contribution is 8.13. The zero-order valence-corrected chi connectivity index (χ0v) is 10.1. The molecule has 1 aliphatic rings. The molecule has 1 aromatic heterocycles. The summed E-state index contributed by atoms with van der Waals surface area (Å²) < 4.78 is 11.1. The number of rotatable bonds is 2. The third kappa shape index (κ3) is 2.11. The minimum atomic E-state index is -0.755. The van der Waals surface area contributed by atoms with Gasteiger partial charge in [-0.1, -0.05) is 6.07 Å². The van der Waals surface area contributed by atoms with E-state index < -0.39 is 5.79 Å². The predicted molar refractivity (Wildman–Crippen MR) is 63.8 cm³/mol. The fourth-order valence-electron chi connectivity index (χ4n) is 1.58. The molecule has 0 radical (unpaired) electrons. The Hall–Kier alpha value is -0.910. The van der Waals surface area contributed by atoms with Crippen LogP contribution in [0.5, 0.6) is 0 Å². The van der Waals surface area contributed by atoms with Crippen LogP contribution in [0.3, 0.4) is 0 Å². The average molecular weight is 238 g/mol. The van der Waals surface area contributed by atoms with E-state index in [1.54, 1.807) is 0 Å². The average Bonchev–Trinajstić information content (AvgIpc) is 2.77. The number of nitrogens with zero attached hydrogens (tertiary/aromatic N) is 1. The molecule has 0 amide bonds. The quantitative estimate of drug-likeness (QED) is 0.632. The van der Waals surface area contributed by atoms with Crippen LogP contribution in [-0.4, -0.2) is 29.5 Å². The van der Waals surface area contributed by atoms with Crippen molar-refractivity contribution in [1.82, 2.24) is 4.98 Å². The van der Waals surface area contributed by atoms with E-state index in [0.29, 0.717) is 24.0 Å². The van der Waals surface area contributed by atoms with E-state index in [1.165, 1.54) is 11.8 Å². The maximum Gasteiger partial charge on any atom is 0.209 e. The molecule has 0 saturated carbocycles. The zero-order chi connectivity index (χ0) is 11.6. The molecular formula is C11H14N2O2S. The van der Waals surface area contributed by atoms with Crippen LogP contribution < -0.4 is 0 Å². The molecule has 86 valence electrons. The van der Waals surface area contributed by atoms with Crippen LogP contribution in [0.4, 0.5) is 0 Å². The molecule has 0 aromatic carbocycles. The van der Waals surface area contributed by atoms with Gasteiger partial charge in [0.1, 0.15) is 5.04 Å². The van der Waals surface area contributed by atoms with Crippen molar-refractivity contribution in [2.24, 2.45) is 0 Å². The second-order valence-electron chi connectivity index (χ2n) is 3.58. The SMILES string of the molecule is CSC(=N)c1cccc(C2(C)OCCO2)n1. The van der Waals surface area contributed by atoms with Gasteiger partial charge in [0.2, 0.25) is 5.79 Å². The number of aromatic nitrogens is 1. The normalized spacial score (nSPS) is 18.6. The number of pyridine rings is 1. The van der Waals surface area contributed by atoms with E-state index in [0.717, 1.165) is 5.69 Å². The van der Waals surface area contributed by atoms with E-state index in [4.69, 9.17) is 14.9 Å². The van der Waals surface area contributed by atoms with Gasteiger partial charge in [-0.2, -0.15) is 0 Å². The molecule has 0 bridgehead atoms. The van der Waals surface area contributed by atoms with Crippen LogP contribution in [0.15, 0.2) is 18.2 Å². The Kier molecular flexibility index (Phi) is 3.28. The molecule has 1 saturated heterocycles. The molecule has 0 spiro atoms. The van der Waals surface area contributed by atoms with Crippen molar-refractivity contribution in [3.8, 4) is 0 Å². The molecule has 5 heteroatoms. The number of hydrogen-bond acceptors (Lipinski definition) is 5. The lowest BCUT2D eigenvalue weighted by molar-refractivity contribution is -0.152. The number of nitrogens with one attached hydrogen (secondary N) is 1. The van der Waals surface area contributed by atoms with Gasteiger partial charge in [0.05, 0.1) is 24.6 Å². The second kappa shape index (κ2) is 4.53. The van der Waals surface area contributed by atoms with Crippen LogP contribution in [0.25, 0.3) is 0 Å². The molecule has 2 heterocycles. The smallest absolute Gasteiger partial charge is 0.209 e. The fraction of sp³-hybridized carbons (Fsp3) is 0.455. The van der Waals surface area contributed by atoms with Gasteiger partial charge < -0.3 is 9.47 Å². The standard InChI is InChI=1S/C11H14N2O2S/c1-11(14-6-7-15-11)9-5-3-4-8(13-9)10(12)16-2/h3-5,12H,6-7H2,1-2H3. The summed E-state index contributed by atoms with van der Waals surface area (Å²) in [6, 6.07) is 5.56. The Morgan fingerprint density at radius 1 is 1.44 bits per heavy atom. The van der Waals surface area contributed by atoms with Crippen LogP contribution >= 0.6 is 11.8 Å². The van der Waals surface area contributed by atoms with E-state index in [1.807, 2.05) is 31.4 Å². The van der Waals surface area contributed by atoms with Crippen molar-refractivity contribution in [1.29, 1.82) is 5.41 Å². The summed E-state index contributed by atoms with van der Waals surface area (Å²) in [5, 5.41) is 8.18. The summed E-state index contributed by atoms with van der Waals surface area (Å²) in [7, 11) is 0. The van der Waals surface area contributed by atoms with E-state index in [2.05, 4.69) is 4.98 Å². The number of thioether (sulfide) groups is 1. The van der Waals surface area contributed by atoms with Crippen molar-refractivity contribution < 1.29 is 9.47 Å². The van der Waals surface area contributed by atoms with Crippen molar-refractivity contribution in [2.75, 3.05) is 19.5 Å². The van der Waals surface area contributed by atoms with Gasteiger partial charge in [-0.3, -0.25) is 5.41 Å². The van der Waals surface area contributed by atoms with Gasteiger partial charge in [-0.15, -0.1) is 11.8 Å². The maximum atomic E-state index is 7.73. The maximum absolute atomic E-state index is 7.73. The molecular weight excluding hydrogens is 224 g/mol. The molecule has 1 aliphatic heterocycles. The van der Waals surface area contributed by atoms with Crippen molar-refractivity contribution in [3.63, 3.8) is 0 Å². The van der Waals surface area contributed by atoms with Crippen LogP contribution in [0.2, 0.25) is 0 Å². The van der Waals surface area contributed by atoms with E-state index >= 15 is 0 Å². The van der Waals surface area contributed by atoms with Gasteiger partial charge in [0.15, 0.2) is 0 Å². The molecule has 0 aliphatic carbocycles. The second-order valence-corrected chi connectivity index (χ2v) is 4.40. The predicted octanol–water partition coefficient (Wildman–Crippen LogP) is 1.99. The van der Waals surface area contributed by atoms with Crippen molar-refractivity contribution >= 4 is 16.8 Å². The lowest BCUT2D eigenvalue weighted by Crippen LogP contribution is -2.24. The molecule has 2 rings (SSSR count). The summed E-state index contributed by atoms with van der Waals surface area (Å²) in [6.07, 6.45) is 1.86. The van der Waals surface area contributed by atoms with Gasteiger partial charge >= 0.3 is 0 Å². The summed E-state index contributed by atoms with van der Waals surface area (Å²) in [4.78, 5) is 4.40. The monoisotopic (exact) mass is 238 g/mol. The lowest BCUT2D eigenvalue weighted by Gasteiger charge is -2.21. The summed E-state index contributed by atoms with van der Waals surface area (Å²) in [6.45, 7) is 3.03. The molecule has 4 nitrogen and oxygen atoms in total. The van der Waals surface area contributed by atoms with E-state index in [-0.39, 0.29) is 0 Å². The molecule has 0 unspecified atom stereocenters. The molecule has 1 aromatic rings. The first-order chi connectivity index (χ1) is 7.65. The van der Waals surface area contributed by atoms with Gasteiger partial charge in [-0.05, 0) is 25.3 Å². The Balaban J connectivity index is 2.32. The third-order valence-corrected chi connectivity index (χ3v) is 3.11. The highest BCUT2D eigenvalue weighted by Gasteiger charge is 2.34. The first-order valence-corrected chi connectivity index (χ1v) is 6.26. The first kappa shape index (κ1) is 11.6. The Morgan fingerprint density at radius 2 is 2.12 bits per heavy atom. The van der Waals surface area contributed by atoms with Gasteiger partial charge in [-0.25, -0.2) is 4.98 Å². The zero-order valence-electron chi connectivity index (χ0n) is 9.32. The topological polar surface area (TPSA) is 55.2 Å². The minimum Gasteiger partial charge on any atom is -0.342 e. The van der Waals surface area contributed by atoms with Crippen LogP contribution in [0, 0.1) is 5.41 Å². The Bertz CT molecular complexity index is 403. The van der Waals surface area contributed by atoms with E-state index in [9.17, 15) is 0 Å². The Labute approximate surface area is 98.9 Å². The van der Waals surface area contributed by atoms with Gasteiger partial charge in [0.25, 0.3) is 0 Å². The van der Waals surface area contributed by atoms with Crippen molar-refractivity contribution in [3.05, 3.63) is 29.6 Å². The molecule has 1 fully saturated rings. The summed E-state index contributed by atoms with van der Waals surface area (Å²) >= 11 is 1.37. The van der Waals surface area contributed by atoms with Crippen molar-refractivity contribution in [2.45, 2.75) is 12.7 Å². The van der Waals surface area contributed by atoms with Crippen LogP contribution in [-0.2, 0) is 15.3 Å². The minimum absolute atomic E-state index is 0.448. The molecule has 0 atom stereocenters. The first-order valence-electron chi connectivity index (χ1n) is 5.04. The molecule has 16 heavy (non-hydrogen) atoms. The summed E-state index contributed by atoms with van der Waals surface area (Å²) in [5.41, 5.74) is 1.38. The highest BCUT2D eigenvalue weighted by Crippen LogP contribution is 2.29.